The summed E-state index contributed by atoms with van der Waals surface area (Å²) in [5.41, 5.74) is 0. The van der Waals surface area contributed by atoms with Crippen molar-refractivity contribution >= 4 is 11.9 Å². The first-order chi connectivity index (χ1) is 9.97. The quantitative estimate of drug-likeness (QED) is 0.661. The Kier molecular flexibility index (Phi) is 7.63. The van der Waals surface area contributed by atoms with E-state index in [9.17, 15) is 19.8 Å². The van der Waals surface area contributed by atoms with Crippen LogP contribution in [0.1, 0.15) is 46.0 Å². The second-order valence-electron chi connectivity index (χ2n) is 5.07. The topological polar surface area (TPSA) is 102 Å². The van der Waals surface area contributed by atoms with E-state index in [0.29, 0.717) is 12.8 Å². The molecule has 2 N–H and O–H groups in total. The number of ether oxygens (including phenoxy) is 3. The van der Waals surface area contributed by atoms with E-state index in [4.69, 9.17) is 14.2 Å². The highest BCUT2D eigenvalue weighted by Crippen LogP contribution is 2.22. The molecule has 0 spiro atoms. The minimum absolute atomic E-state index is 0.00394. The monoisotopic (exact) mass is 304 g/mol. The van der Waals surface area contributed by atoms with Crippen molar-refractivity contribution in [2.75, 3.05) is 6.61 Å². The van der Waals surface area contributed by atoms with E-state index in [1.807, 2.05) is 13.8 Å². The number of carbonyl (C=O) groups excluding carboxylic acids is 2. The maximum absolute atomic E-state index is 11.5. The Morgan fingerprint density at radius 2 is 1.76 bits per heavy atom. The number of rotatable bonds is 7. The van der Waals surface area contributed by atoms with Crippen molar-refractivity contribution in [1.29, 1.82) is 0 Å². The van der Waals surface area contributed by atoms with Gasteiger partial charge in [-0.1, -0.05) is 13.8 Å². The summed E-state index contributed by atoms with van der Waals surface area (Å²) in [6.45, 7) is 3.51. The van der Waals surface area contributed by atoms with Crippen LogP contribution in [0.5, 0.6) is 0 Å². The third kappa shape index (κ3) is 5.99. The van der Waals surface area contributed by atoms with Gasteiger partial charge in [0.05, 0.1) is 0 Å². The smallest absolute Gasteiger partial charge is 0.306 e. The number of aliphatic hydroxyl groups excluding tert-OH is 2. The molecular weight excluding hydrogens is 280 g/mol. The molecule has 1 aliphatic rings. The zero-order valence-electron chi connectivity index (χ0n) is 12.5. The van der Waals surface area contributed by atoms with Gasteiger partial charge in [0.15, 0.2) is 6.29 Å². The Morgan fingerprint density at radius 1 is 1.14 bits per heavy atom. The van der Waals surface area contributed by atoms with Crippen molar-refractivity contribution in [3.8, 4) is 0 Å². The molecule has 1 heterocycles. The molecular formula is C14H24O7. The van der Waals surface area contributed by atoms with E-state index in [0.717, 1.165) is 0 Å². The number of esters is 2. The lowest BCUT2D eigenvalue weighted by Crippen LogP contribution is -2.52. The van der Waals surface area contributed by atoms with Gasteiger partial charge in [-0.25, -0.2) is 0 Å². The minimum Gasteiger partial charge on any atom is -0.463 e. The summed E-state index contributed by atoms with van der Waals surface area (Å²) in [7, 11) is 0. The number of hydrogen-bond donors (Lipinski definition) is 2. The van der Waals surface area contributed by atoms with Gasteiger partial charge in [0, 0.05) is 19.3 Å². The summed E-state index contributed by atoms with van der Waals surface area (Å²) < 4.78 is 15.2. The number of carbonyl (C=O) groups is 2. The first-order valence-corrected chi connectivity index (χ1v) is 7.34. The van der Waals surface area contributed by atoms with Crippen LogP contribution in [0.2, 0.25) is 0 Å². The average molecular weight is 304 g/mol. The van der Waals surface area contributed by atoms with E-state index in [1.54, 1.807) is 0 Å². The molecule has 21 heavy (non-hydrogen) atoms. The zero-order valence-corrected chi connectivity index (χ0v) is 12.5. The van der Waals surface area contributed by atoms with Crippen molar-refractivity contribution in [3.05, 3.63) is 0 Å². The van der Waals surface area contributed by atoms with Gasteiger partial charge in [0.25, 0.3) is 0 Å². The van der Waals surface area contributed by atoms with Crippen LogP contribution in [0, 0.1) is 0 Å². The SMILES string of the molecule is CCCC(=O)OCC1OC(O)CC(OC(=O)CCC)C1O. The fraction of sp³-hybridized carbons (Fsp3) is 0.857. The molecule has 4 unspecified atom stereocenters. The van der Waals surface area contributed by atoms with Crippen molar-refractivity contribution in [2.45, 2.75) is 70.6 Å². The third-order valence-corrected chi connectivity index (χ3v) is 3.13. The normalized spacial score (nSPS) is 29.0. The van der Waals surface area contributed by atoms with Crippen LogP contribution in [0.15, 0.2) is 0 Å². The summed E-state index contributed by atoms with van der Waals surface area (Å²) in [6, 6.07) is 0. The summed E-state index contributed by atoms with van der Waals surface area (Å²) in [4.78, 5) is 22.8. The maximum atomic E-state index is 11.5. The highest BCUT2D eigenvalue weighted by Gasteiger charge is 2.39. The van der Waals surface area contributed by atoms with Gasteiger partial charge in [-0.05, 0) is 12.8 Å². The van der Waals surface area contributed by atoms with Crippen LogP contribution in [0.4, 0.5) is 0 Å². The molecule has 1 aliphatic heterocycles. The lowest BCUT2D eigenvalue weighted by Gasteiger charge is -2.36. The van der Waals surface area contributed by atoms with Gasteiger partial charge >= 0.3 is 11.9 Å². The zero-order chi connectivity index (χ0) is 15.8. The molecule has 1 fully saturated rings. The van der Waals surface area contributed by atoms with Crippen LogP contribution >= 0.6 is 0 Å². The molecule has 122 valence electrons. The second-order valence-corrected chi connectivity index (χ2v) is 5.07. The number of aliphatic hydroxyl groups is 2. The first-order valence-electron chi connectivity index (χ1n) is 7.34. The summed E-state index contributed by atoms with van der Waals surface area (Å²) in [5.74, 6) is -0.828. The standard InChI is InChI=1S/C14H24O7/c1-3-5-11(15)19-8-10-14(18)9(7-13(17)21-10)20-12(16)6-4-2/h9-10,13-14,17-18H,3-8H2,1-2H3. The van der Waals surface area contributed by atoms with E-state index < -0.39 is 36.5 Å². The molecule has 4 atom stereocenters. The summed E-state index contributed by atoms with van der Waals surface area (Å²) in [6.07, 6.45) is -2.25. The Bertz CT molecular complexity index is 344. The number of hydrogen-bond acceptors (Lipinski definition) is 7. The second kappa shape index (κ2) is 8.96. The summed E-state index contributed by atoms with van der Waals surface area (Å²) >= 11 is 0. The van der Waals surface area contributed by atoms with E-state index in [2.05, 4.69) is 0 Å². The first kappa shape index (κ1) is 17.9. The Balaban J connectivity index is 2.52. The molecule has 1 saturated heterocycles. The Morgan fingerprint density at radius 3 is 2.38 bits per heavy atom. The molecule has 7 nitrogen and oxygen atoms in total. The van der Waals surface area contributed by atoms with Gasteiger partial charge < -0.3 is 24.4 Å². The van der Waals surface area contributed by atoms with Crippen LogP contribution in [0.3, 0.4) is 0 Å². The van der Waals surface area contributed by atoms with Gasteiger partial charge in [-0.15, -0.1) is 0 Å². The van der Waals surface area contributed by atoms with Gasteiger partial charge in [0.2, 0.25) is 0 Å². The van der Waals surface area contributed by atoms with Crippen molar-refractivity contribution in [1.82, 2.24) is 0 Å². The molecule has 0 aromatic heterocycles. The fourth-order valence-corrected chi connectivity index (χ4v) is 2.05. The maximum Gasteiger partial charge on any atom is 0.306 e. The molecule has 0 radical (unpaired) electrons. The molecule has 7 heteroatoms. The molecule has 0 bridgehead atoms. The van der Waals surface area contributed by atoms with Gasteiger partial charge in [0.1, 0.15) is 24.9 Å². The highest BCUT2D eigenvalue weighted by atomic mass is 16.6. The fourth-order valence-electron chi connectivity index (χ4n) is 2.05. The van der Waals surface area contributed by atoms with Crippen LogP contribution in [0.25, 0.3) is 0 Å². The van der Waals surface area contributed by atoms with E-state index in [-0.39, 0.29) is 25.9 Å². The predicted octanol–water partition coefficient (Wildman–Crippen LogP) is 0.510. The Labute approximate surface area is 124 Å². The van der Waals surface area contributed by atoms with E-state index >= 15 is 0 Å². The van der Waals surface area contributed by atoms with Crippen LogP contribution in [-0.4, -0.2) is 53.4 Å². The van der Waals surface area contributed by atoms with Crippen molar-refractivity contribution in [3.63, 3.8) is 0 Å². The van der Waals surface area contributed by atoms with E-state index in [1.165, 1.54) is 0 Å². The predicted molar refractivity (Wildman–Crippen MR) is 72.2 cm³/mol. The third-order valence-electron chi connectivity index (χ3n) is 3.13. The van der Waals surface area contributed by atoms with Gasteiger partial charge in [-0.3, -0.25) is 9.59 Å². The molecule has 0 aromatic carbocycles. The lowest BCUT2D eigenvalue weighted by molar-refractivity contribution is -0.247. The molecule has 0 amide bonds. The van der Waals surface area contributed by atoms with Crippen LogP contribution in [-0.2, 0) is 23.8 Å². The summed E-state index contributed by atoms with van der Waals surface area (Å²) in [5, 5.41) is 19.7. The van der Waals surface area contributed by atoms with Crippen molar-refractivity contribution in [2.24, 2.45) is 0 Å². The molecule has 1 rings (SSSR count). The van der Waals surface area contributed by atoms with Gasteiger partial charge in [-0.2, -0.15) is 0 Å². The highest BCUT2D eigenvalue weighted by molar-refractivity contribution is 5.69. The van der Waals surface area contributed by atoms with Crippen molar-refractivity contribution < 1.29 is 34.0 Å². The average Bonchev–Trinajstić information content (AvgIpc) is 2.41. The molecule has 0 saturated carbocycles. The minimum atomic E-state index is -1.16. The molecule has 0 aliphatic carbocycles. The van der Waals surface area contributed by atoms with Crippen LogP contribution < -0.4 is 0 Å². The largest absolute Gasteiger partial charge is 0.463 e. The molecule has 0 aromatic rings. The lowest BCUT2D eigenvalue weighted by atomic mass is 10.0. The Hall–Kier alpha value is -1.18.